The molecule has 0 aromatic heterocycles. The molecule has 0 amide bonds. The molecule has 0 aromatic rings. The van der Waals surface area contributed by atoms with Gasteiger partial charge in [0, 0.05) is 20.1 Å². The first-order valence-electron chi connectivity index (χ1n) is 0. The molecule has 0 aromatic carbocycles. The van der Waals surface area contributed by atoms with Gasteiger partial charge in [-0.25, -0.2) is 0 Å². The monoisotopic (exact) mass is 441 g/mol. The van der Waals surface area contributed by atoms with Crippen LogP contribution >= 0.6 is 0 Å². The molecule has 89 valence electrons. The van der Waals surface area contributed by atoms with Gasteiger partial charge in [-0.1, -0.05) is 0 Å². The zero-order valence-corrected chi connectivity index (χ0v) is 10.3. The number of hydrogen-bond donors (Lipinski definition) is 0. The molecule has 0 aliphatic rings. The maximum atomic E-state index is 0. The molecule has 0 atom stereocenters. The first-order chi connectivity index (χ1) is 0. The van der Waals surface area contributed by atoms with E-state index in [1.54, 1.807) is 0 Å². The quantitative estimate of drug-likeness (QED) is 0.345. The molecule has 0 fully saturated rings. The van der Waals surface area contributed by atoms with E-state index in [0.29, 0.717) is 0 Å². The second-order valence-corrected chi connectivity index (χ2v) is 0. The fraction of sp³-hybridized carbons (Fsp3) is 0. The van der Waals surface area contributed by atoms with Crippen molar-refractivity contribution in [3.63, 3.8) is 0 Å². The van der Waals surface area contributed by atoms with Crippen LogP contribution < -0.4 is 49.6 Å². The van der Waals surface area contributed by atoms with Gasteiger partial charge >= 0.3 is 0 Å². The van der Waals surface area contributed by atoms with Gasteiger partial charge < -0.3 is 82.5 Å². The Bertz CT molecular complexity index is 14.5. The van der Waals surface area contributed by atoms with Crippen molar-refractivity contribution in [2.75, 3.05) is 0 Å². The minimum absolute atomic E-state index is 0. The van der Waals surface area contributed by atoms with Crippen molar-refractivity contribution in [1.29, 1.82) is 0 Å². The van der Waals surface area contributed by atoms with Crippen molar-refractivity contribution < 1.29 is 103 Å². The molecule has 0 bridgehead atoms. The normalized spacial score (nSPS) is 0. The maximum absolute atomic E-state index is 0. The summed E-state index contributed by atoms with van der Waals surface area (Å²) >= 11 is 0. The van der Waals surface area contributed by atoms with E-state index in [4.69, 9.17) is 0 Å². The van der Waals surface area contributed by atoms with Gasteiger partial charge in [0.25, 0.3) is 0 Å². The molecule has 0 unspecified atom stereocenters. The van der Waals surface area contributed by atoms with Crippen LogP contribution in [0, 0.1) is 0 Å². The van der Waals surface area contributed by atoms with E-state index >= 15 is 0 Å². The summed E-state index contributed by atoms with van der Waals surface area (Å²) in [6, 6.07) is 0. The van der Waals surface area contributed by atoms with Crippen LogP contribution in [0.3, 0.4) is 0 Å². The van der Waals surface area contributed by atoms with E-state index in [2.05, 4.69) is 0 Å². The molecule has 0 aliphatic carbocycles. The topological polar surface area (TPSA) is 189 Å². The summed E-state index contributed by atoms with van der Waals surface area (Å²) < 4.78 is 0. The van der Waals surface area contributed by atoms with Gasteiger partial charge in [-0.15, -0.1) is 0 Å². The van der Waals surface area contributed by atoms with Crippen molar-refractivity contribution in [2.24, 2.45) is 0 Å². The molecule has 0 rings (SSSR count). The first kappa shape index (κ1) is 683. The first-order valence-corrected chi connectivity index (χ1v) is 0. The van der Waals surface area contributed by atoms with Crippen LogP contribution in [0.1, 0.15) is 0 Å². The predicted octanol–water partition coefficient (Wildman–Crippen LogP) is -16.9. The Kier molecular flexibility index (Phi) is 32600. The molecule has 0 aliphatic heterocycles. The minimum Gasteiger partial charge on any atom is -1.00 e. The number of rotatable bonds is 0. The molecule has 11 heavy (non-hydrogen) atoms. The molecule has 0 saturated carbocycles. The van der Waals surface area contributed by atoms with E-state index in [-0.39, 0.29) is 103 Å². The van der Waals surface area contributed by atoms with E-state index in [0.717, 1.165) is 0 Å². The zero-order chi connectivity index (χ0) is 0. The molecular formula is H12Cl4IrO6-4. The average Bonchev–Trinajstić information content (AvgIpc) is 0. The van der Waals surface area contributed by atoms with E-state index < -0.39 is 0 Å². The van der Waals surface area contributed by atoms with Gasteiger partial charge in [-0.3, -0.25) is 0 Å². The van der Waals surface area contributed by atoms with Crippen LogP contribution in [0.4, 0.5) is 0 Å². The number of hydrogen-bond acceptors (Lipinski definition) is 0. The second-order valence-electron chi connectivity index (χ2n) is 0. The average molecular weight is 442 g/mol. The van der Waals surface area contributed by atoms with Crippen molar-refractivity contribution in [1.82, 2.24) is 0 Å². The van der Waals surface area contributed by atoms with Crippen molar-refractivity contribution >= 4 is 0 Å². The summed E-state index contributed by atoms with van der Waals surface area (Å²) in [7, 11) is 0. The maximum Gasteiger partial charge on any atom is 0 e. The van der Waals surface area contributed by atoms with Crippen molar-refractivity contribution in [2.45, 2.75) is 0 Å². The largest absolute Gasteiger partial charge is 1.00 e. The van der Waals surface area contributed by atoms with Gasteiger partial charge in [0.05, 0.1) is 0 Å². The molecule has 11 heteroatoms. The van der Waals surface area contributed by atoms with Gasteiger partial charge in [0.1, 0.15) is 0 Å². The minimum atomic E-state index is 0. The Balaban J connectivity index is 0. The van der Waals surface area contributed by atoms with Crippen molar-refractivity contribution in [3.8, 4) is 0 Å². The molecule has 1 radical (unpaired) electrons. The third kappa shape index (κ3) is 430. The zero-order valence-electron chi connectivity index (χ0n) is 4.85. The van der Waals surface area contributed by atoms with Crippen LogP contribution in [0.15, 0.2) is 0 Å². The van der Waals surface area contributed by atoms with Gasteiger partial charge in [-0.2, -0.15) is 0 Å². The molecule has 12 N–H and O–H groups in total. The van der Waals surface area contributed by atoms with E-state index in [1.165, 1.54) is 0 Å². The third-order valence-electron chi connectivity index (χ3n) is 0. The van der Waals surface area contributed by atoms with Gasteiger partial charge in [-0.05, 0) is 0 Å². The summed E-state index contributed by atoms with van der Waals surface area (Å²) in [6.45, 7) is 0. The standard InChI is InChI=1S/4ClH.Ir.6H2O/h4*1H;;6*1H2/p-4. The van der Waals surface area contributed by atoms with Gasteiger partial charge in [0.2, 0.25) is 0 Å². The Hall–Kier alpha value is 1.57. The van der Waals surface area contributed by atoms with Gasteiger partial charge in [0.15, 0.2) is 0 Å². The fourth-order valence-corrected chi connectivity index (χ4v) is 0. The molecule has 0 heterocycles. The van der Waals surface area contributed by atoms with Crippen LogP contribution in [-0.2, 0) is 20.1 Å². The second kappa shape index (κ2) is 525. The molecule has 0 saturated heterocycles. The Morgan fingerprint density at radius 1 is 0.273 bits per heavy atom. The smallest absolute Gasteiger partial charge is 0 e. The third-order valence-corrected chi connectivity index (χ3v) is 0. The Morgan fingerprint density at radius 2 is 0.273 bits per heavy atom. The Labute approximate surface area is 102 Å². The van der Waals surface area contributed by atoms with Crippen molar-refractivity contribution in [3.05, 3.63) is 0 Å². The van der Waals surface area contributed by atoms with E-state index in [1.807, 2.05) is 0 Å². The summed E-state index contributed by atoms with van der Waals surface area (Å²) in [5, 5.41) is 0. The SMILES string of the molecule is O.O.O.O.O.O.[Cl-].[Cl-].[Cl-].[Cl-].[Ir]. The summed E-state index contributed by atoms with van der Waals surface area (Å²) in [6.07, 6.45) is 0. The fourth-order valence-electron chi connectivity index (χ4n) is 0. The molecule has 0 spiro atoms. The van der Waals surface area contributed by atoms with Crippen LogP contribution in [0.5, 0.6) is 0 Å². The van der Waals surface area contributed by atoms with Crippen LogP contribution in [-0.4, -0.2) is 32.9 Å². The molecule has 6 nitrogen and oxygen atoms in total. The summed E-state index contributed by atoms with van der Waals surface area (Å²) in [4.78, 5) is 0. The Morgan fingerprint density at radius 3 is 0.273 bits per heavy atom. The summed E-state index contributed by atoms with van der Waals surface area (Å²) in [5.41, 5.74) is 0. The number of halogens is 4. The molecular weight excluding hydrogens is 430 g/mol. The van der Waals surface area contributed by atoms with Crippen LogP contribution in [0.25, 0.3) is 0 Å². The van der Waals surface area contributed by atoms with E-state index in [9.17, 15) is 0 Å². The summed E-state index contributed by atoms with van der Waals surface area (Å²) in [5.74, 6) is 0. The van der Waals surface area contributed by atoms with Crippen LogP contribution in [0.2, 0.25) is 0 Å². The predicted molar refractivity (Wildman–Crippen MR) is 21.7 cm³/mol.